The zero-order valence-electron chi connectivity index (χ0n) is 13.0. The van der Waals surface area contributed by atoms with Crippen molar-refractivity contribution in [2.24, 2.45) is 0 Å². The van der Waals surface area contributed by atoms with Gasteiger partial charge >= 0.3 is 0 Å². The van der Waals surface area contributed by atoms with E-state index in [9.17, 15) is 4.79 Å². The fourth-order valence-electron chi connectivity index (χ4n) is 2.11. The average molecular weight is 373 g/mol. The Bertz CT molecular complexity index is 870. The van der Waals surface area contributed by atoms with Gasteiger partial charge in [-0.25, -0.2) is 0 Å². The molecule has 0 radical (unpaired) electrons. The van der Waals surface area contributed by atoms with Crippen LogP contribution in [-0.2, 0) is 6.54 Å². The maximum atomic E-state index is 12.2. The van der Waals surface area contributed by atoms with Crippen molar-refractivity contribution in [2.45, 2.75) is 6.54 Å². The van der Waals surface area contributed by atoms with Crippen molar-refractivity contribution in [1.82, 2.24) is 10.2 Å². The molecule has 0 aliphatic carbocycles. The highest BCUT2D eigenvalue weighted by Gasteiger charge is 2.09. The first-order valence-electron chi connectivity index (χ1n) is 7.50. The number of hydrogen-bond acceptors (Lipinski definition) is 4. The van der Waals surface area contributed by atoms with Crippen LogP contribution >= 0.6 is 23.2 Å². The van der Waals surface area contributed by atoms with Gasteiger partial charge in [0.2, 0.25) is 0 Å². The van der Waals surface area contributed by atoms with Crippen molar-refractivity contribution in [2.75, 3.05) is 10.6 Å². The van der Waals surface area contributed by atoms with Gasteiger partial charge in [-0.1, -0.05) is 53.5 Å². The molecule has 3 aromatic rings. The highest BCUT2D eigenvalue weighted by Crippen LogP contribution is 2.23. The number of amides is 1. The molecule has 0 bridgehead atoms. The van der Waals surface area contributed by atoms with E-state index in [4.69, 9.17) is 23.2 Å². The van der Waals surface area contributed by atoms with E-state index < -0.39 is 0 Å². The molecule has 0 saturated carbocycles. The molecule has 0 atom stereocenters. The number of hydrogen-bond donors (Lipinski definition) is 2. The Hall–Kier alpha value is -2.63. The smallest absolute Gasteiger partial charge is 0.256 e. The van der Waals surface area contributed by atoms with Crippen LogP contribution < -0.4 is 10.6 Å². The second-order valence-corrected chi connectivity index (χ2v) is 6.04. The molecule has 0 spiro atoms. The molecule has 0 aliphatic rings. The SMILES string of the molecule is O=C(Nc1ccc(NCc2ccccc2)nn1)c1ccc(Cl)c(Cl)c1. The molecule has 0 unspecified atom stereocenters. The van der Waals surface area contributed by atoms with Crippen LogP contribution in [0.15, 0.2) is 60.7 Å². The summed E-state index contributed by atoms with van der Waals surface area (Å²) < 4.78 is 0. The third kappa shape index (κ3) is 4.68. The van der Waals surface area contributed by atoms with E-state index in [0.29, 0.717) is 33.8 Å². The third-order valence-corrected chi connectivity index (χ3v) is 4.14. The van der Waals surface area contributed by atoms with Crippen molar-refractivity contribution >= 4 is 40.7 Å². The number of carbonyl (C=O) groups excluding carboxylic acids is 1. The lowest BCUT2D eigenvalue weighted by Crippen LogP contribution is -2.13. The number of aromatic nitrogens is 2. The Morgan fingerprint density at radius 2 is 1.60 bits per heavy atom. The number of halogens is 2. The van der Waals surface area contributed by atoms with Gasteiger partial charge in [-0.05, 0) is 35.9 Å². The molecule has 3 rings (SSSR count). The van der Waals surface area contributed by atoms with Gasteiger partial charge in [-0.3, -0.25) is 4.79 Å². The van der Waals surface area contributed by atoms with Gasteiger partial charge in [0.25, 0.3) is 5.91 Å². The predicted octanol–water partition coefficient (Wildman–Crippen LogP) is 4.65. The van der Waals surface area contributed by atoms with Gasteiger partial charge in [0.15, 0.2) is 5.82 Å². The molecule has 1 heterocycles. The number of carbonyl (C=O) groups is 1. The van der Waals surface area contributed by atoms with Crippen LogP contribution in [0.4, 0.5) is 11.6 Å². The Morgan fingerprint density at radius 3 is 2.28 bits per heavy atom. The van der Waals surface area contributed by atoms with Crippen LogP contribution in [0.3, 0.4) is 0 Å². The molecule has 25 heavy (non-hydrogen) atoms. The summed E-state index contributed by atoms with van der Waals surface area (Å²) in [6.07, 6.45) is 0. The summed E-state index contributed by atoms with van der Waals surface area (Å²) >= 11 is 11.8. The fourth-order valence-corrected chi connectivity index (χ4v) is 2.41. The summed E-state index contributed by atoms with van der Waals surface area (Å²) in [5, 5.41) is 14.6. The molecule has 0 saturated heterocycles. The van der Waals surface area contributed by atoms with Gasteiger partial charge in [0.05, 0.1) is 10.0 Å². The largest absolute Gasteiger partial charge is 0.365 e. The van der Waals surface area contributed by atoms with Crippen LogP contribution in [-0.4, -0.2) is 16.1 Å². The minimum Gasteiger partial charge on any atom is -0.365 e. The maximum absolute atomic E-state index is 12.2. The van der Waals surface area contributed by atoms with E-state index in [2.05, 4.69) is 20.8 Å². The molecule has 7 heteroatoms. The topological polar surface area (TPSA) is 66.9 Å². The monoisotopic (exact) mass is 372 g/mol. The minimum absolute atomic E-state index is 0.320. The van der Waals surface area contributed by atoms with Crippen LogP contribution in [0.2, 0.25) is 10.0 Å². The summed E-state index contributed by atoms with van der Waals surface area (Å²) in [6, 6.07) is 18.0. The van der Waals surface area contributed by atoms with Crippen LogP contribution in [0.5, 0.6) is 0 Å². The maximum Gasteiger partial charge on any atom is 0.256 e. The molecule has 0 aliphatic heterocycles. The number of nitrogens with zero attached hydrogens (tertiary/aromatic N) is 2. The Morgan fingerprint density at radius 1 is 0.880 bits per heavy atom. The van der Waals surface area contributed by atoms with Gasteiger partial charge in [-0.2, -0.15) is 0 Å². The van der Waals surface area contributed by atoms with E-state index in [0.717, 1.165) is 5.56 Å². The highest BCUT2D eigenvalue weighted by molar-refractivity contribution is 6.42. The Kier molecular flexibility index (Phi) is 5.48. The molecule has 2 N–H and O–H groups in total. The minimum atomic E-state index is -0.335. The van der Waals surface area contributed by atoms with E-state index in [1.165, 1.54) is 6.07 Å². The highest BCUT2D eigenvalue weighted by atomic mass is 35.5. The molecule has 2 aromatic carbocycles. The summed E-state index contributed by atoms with van der Waals surface area (Å²) in [5.41, 5.74) is 1.53. The lowest BCUT2D eigenvalue weighted by Gasteiger charge is -2.07. The van der Waals surface area contributed by atoms with Crippen molar-refractivity contribution in [3.8, 4) is 0 Å². The van der Waals surface area contributed by atoms with Gasteiger partial charge < -0.3 is 10.6 Å². The second-order valence-electron chi connectivity index (χ2n) is 5.23. The zero-order valence-corrected chi connectivity index (χ0v) is 14.6. The van der Waals surface area contributed by atoms with Gasteiger partial charge in [0, 0.05) is 12.1 Å². The van der Waals surface area contributed by atoms with E-state index >= 15 is 0 Å². The molecule has 0 fully saturated rings. The number of anilines is 2. The van der Waals surface area contributed by atoms with E-state index in [-0.39, 0.29) is 5.91 Å². The second kappa shape index (κ2) is 7.96. The lowest BCUT2D eigenvalue weighted by molar-refractivity contribution is 0.102. The van der Waals surface area contributed by atoms with E-state index in [1.54, 1.807) is 24.3 Å². The third-order valence-electron chi connectivity index (χ3n) is 3.40. The Balaban J connectivity index is 1.60. The van der Waals surface area contributed by atoms with Gasteiger partial charge in [-0.15, -0.1) is 10.2 Å². The van der Waals surface area contributed by atoms with Crippen molar-refractivity contribution in [1.29, 1.82) is 0 Å². The molecule has 1 aromatic heterocycles. The van der Waals surface area contributed by atoms with Gasteiger partial charge in [0.1, 0.15) is 5.82 Å². The summed E-state index contributed by atoms with van der Waals surface area (Å²) in [4.78, 5) is 12.2. The first kappa shape index (κ1) is 17.2. The summed E-state index contributed by atoms with van der Waals surface area (Å²) in [6.45, 7) is 0.643. The number of rotatable bonds is 5. The van der Waals surface area contributed by atoms with E-state index in [1.807, 2.05) is 30.3 Å². The molecular weight excluding hydrogens is 359 g/mol. The summed E-state index contributed by atoms with van der Waals surface area (Å²) in [7, 11) is 0. The van der Waals surface area contributed by atoms with Crippen molar-refractivity contribution in [3.05, 3.63) is 81.8 Å². The summed E-state index contributed by atoms with van der Waals surface area (Å²) in [5.74, 6) is 0.635. The number of nitrogens with one attached hydrogen (secondary N) is 2. The average Bonchev–Trinajstić information content (AvgIpc) is 2.64. The fraction of sp³-hybridized carbons (Fsp3) is 0.0556. The quantitative estimate of drug-likeness (QED) is 0.683. The normalized spacial score (nSPS) is 10.3. The lowest BCUT2D eigenvalue weighted by atomic mass is 10.2. The van der Waals surface area contributed by atoms with Crippen molar-refractivity contribution < 1.29 is 4.79 Å². The van der Waals surface area contributed by atoms with Crippen LogP contribution in [0, 0.1) is 0 Å². The number of benzene rings is 2. The zero-order chi connectivity index (χ0) is 17.6. The molecule has 126 valence electrons. The molecular formula is C18H14Cl2N4O. The molecule has 5 nitrogen and oxygen atoms in total. The predicted molar refractivity (Wildman–Crippen MR) is 100 cm³/mol. The van der Waals surface area contributed by atoms with Crippen LogP contribution in [0.1, 0.15) is 15.9 Å². The first-order chi connectivity index (χ1) is 12.1. The Labute approximate surface area is 155 Å². The standard InChI is InChI=1S/C18H14Cl2N4O/c19-14-7-6-13(10-15(14)20)18(25)22-17-9-8-16(23-24-17)21-11-12-4-2-1-3-5-12/h1-10H,11H2,(H,21,23)(H,22,24,25). The molecule has 1 amide bonds. The first-order valence-corrected chi connectivity index (χ1v) is 8.25. The van der Waals surface area contributed by atoms with Crippen LogP contribution in [0.25, 0.3) is 0 Å². The van der Waals surface area contributed by atoms with Crippen molar-refractivity contribution in [3.63, 3.8) is 0 Å².